The highest BCUT2D eigenvalue weighted by Gasteiger charge is 2.18. The summed E-state index contributed by atoms with van der Waals surface area (Å²) in [7, 11) is 0. The lowest BCUT2D eigenvalue weighted by Crippen LogP contribution is -2.34. The highest BCUT2D eigenvalue weighted by molar-refractivity contribution is 5.76. The fourth-order valence-electron chi connectivity index (χ4n) is 2.20. The summed E-state index contributed by atoms with van der Waals surface area (Å²) in [5, 5.41) is 0. The maximum Gasteiger partial charge on any atom is 0.328 e. The van der Waals surface area contributed by atoms with Crippen molar-refractivity contribution in [3.05, 3.63) is 22.9 Å². The molecule has 5 heteroatoms. The largest absolute Gasteiger partial charge is 0.341 e. The highest BCUT2D eigenvalue weighted by Crippen LogP contribution is 2.07. The molecule has 0 atom stereocenters. The third-order valence-corrected chi connectivity index (χ3v) is 3.15. The van der Waals surface area contributed by atoms with Crippen LogP contribution in [-0.4, -0.2) is 33.0 Å². The molecule has 0 radical (unpaired) electrons. The predicted molar refractivity (Wildman–Crippen MR) is 64.8 cm³/mol. The number of imidazole rings is 1. The van der Waals surface area contributed by atoms with Crippen LogP contribution in [0.3, 0.4) is 0 Å². The lowest BCUT2D eigenvalue weighted by molar-refractivity contribution is -0.130. The number of carbonyl (C=O) groups is 1. The molecule has 1 amide bonds. The monoisotopic (exact) mass is 237 g/mol. The molecule has 0 N–H and O–H groups in total. The van der Waals surface area contributed by atoms with Gasteiger partial charge in [-0.1, -0.05) is 6.92 Å². The molecular weight excluding hydrogens is 218 g/mol. The molecule has 2 heterocycles. The van der Waals surface area contributed by atoms with Gasteiger partial charge in [0.15, 0.2) is 0 Å². The predicted octanol–water partition coefficient (Wildman–Crippen LogP) is 0.682. The Bertz CT molecular complexity index is 441. The van der Waals surface area contributed by atoms with E-state index in [1.165, 1.54) is 4.57 Å². The molecule has 0 spiro atoms. The minimum absolute atomic E-state index is 0.0545. The standard InChI is InChI=1S/C12H19N3O2/c1-2-5-14-8-9-15(12(14)17)10-11(16)13-6-3-4-7-13/h8-9H,2-7,10H2,1H3. The Morgan fingerprint density at radius 3 is 2.53 bits per heavy atom. The average molecular weight is 237 g/mol. The zero-order valence-corrected chi connectivity index (χ0v) is 10.3. The molecule has 0 unspecified atom stereocenters. The third-order valence-electron chi connectivity index (χ3n) is 3.15. The van der Waals surface area contributed by atoms with Crippen LogP contribution < -0.4 is 5.69 Å². The summed E-state index contributed by atoms with van der Waals surface area (Å²) in [5.74, 6) is 0.0545. The number of nitrogens with zero attached hydrogens (tertiary/aromatic N) is 3. The van der Waals surface area contributed by atoms with Gasteiger partial charge in [0.1, 0.15) is 6.54 Å². The second-order valence-electron chi connectivity index (χ2n) is 4.49. The lowest BCUT2D eigenvalue weighted by Gasteiger charge is -2.14. The van der Waals surface area contributed by atoms with Crippen LogP contribution in [0.25, 0.3) is 0 Å². The van der Waals surface area contributed by atoms with Crippen molar-refractivity contribution in [3.8, 4) is 0 Å². The first kappa shape index (κ1) is 12.0. The maximum atomic E-state index is 11.9. The van der Waals surface area contributed by atoms with Crippen molar-refractivity contribution in [2.24, 2.45) is 0 Å². The van der Waals surface area contributed by atoms with Gasteiger partial charge in [-0.2, -0.15) is 0 Å². The Morgan fingerprint density at radius 2 is 1.88 bits per heavy atom. The Hall–Kier alpha value is -1.52. The minimum Gasteiger partial charge on any atom is -0.341 e. The first-order valence-corrected chi connectivity index (χ1v) is 6.25. The summed E-state index contributed by atoms with van der Waals surface area (Å²) in [6, 6.07) is 0. The highest BCUT2D eigenvalue weighted by atomic mass is 16.2. The summed E-state index contributed by atoms with van der Waals surface area (Å²) in [6.07, 6.45) is 6.54. The van der Waals surface area contributed by atoms with E-state index in [0.717, 1.165) is 32.4 Å². The van der Waals surface area contributed by atoms with Crippen LogP contribution >= 0.6 is 0 Å². The Labute approximate surface area is 101 Å². The Morgan fingerprint density at radius 1 is 1.24 bits per heavy atom. The van der Waals surface area contributed by atoms with Gasteiger partial charge in [0.05, 0.1) is 0 Å². The fourth-order valence-corrected chi connectivity index (χ4v) is 2.20. The number of rotatable bonds is 4. The van der Waals surface area contributed by atoms with E-state index in [1.807, 2.05) is 11.8 Å². The number of hydrogen-bond donors (Lipinski definition) is 0. The number of amides is 1. The third kappa shape index (κ3) is 2.60. The normalized spacial score (nSPS) is 15.5. The van der Waals surface area contributed by atoms with Crippen LogP contribution in [0, 0.1) is 0 Å². The summed E-state index contributed by atoms with van der Waals surface area (Å²) < 4.78 is 3.15. The molecule has 0 aliphatic carbocycles. The van der Waals surface area contributed by atoms with E-state index >= 15 is 0 Å². The van der Waals surface area contributed by atoms with E-state index in [0.29, 0.717) is 6.54 Å². The quantitative estimate of drug-likeness (QED) is 0.773. The van der Waals surface area contributed by atoms with Crippen molar-refractivity contribution in [3.63, 3.8) is 0 Å². The smallest absolute Gasteiger partial charge is 0.328 e. The molecular formula is C12H19N3O2. The summed E-state index contributed by atoms with van der Waals surface area (Å²) in [5.41, 5.74) is -0.0839. The number of aromatic nitrogens is 2. The van der Waals surface area contributed by atoms with Gasteiger partial charge in [0.25, 0.3) is 0 Å². The molecule has 0 aromatic carbocycles. The molecule has 1 aliphatic heterocycles. The van der Waals surface area contributed by atoms with E-state index in [9.17, 15) is 9.59 Å². The van der Waals surface area contributed by atoms with Crippen LogP contribution in [0.4, 0.5) is 0 Å². The second kappa shape index (κ2) is 5.21. The van der Waals surface area contributed by atoms with Gasteiger partial charge in [-0.3, -0.25) is 13.9 Å². The average Bonchev–Trinajstić information content (AvgIpc) is 2.94. The summed E-state index contributed by atoms with van der Waals surface area (Å²) in [6.45, 7) is 4.59. The molecule has 1 saturated heterocycles. The summed E-state index contributed by atoms with van der Waals surface area (Å²) in [4.78, 5) is 25.6. The van der Waals surface area contributed by atoms with E-state index < -0.39 is 0 Å². The molecule has 1 aromatic rings. The molecule has 1 aromatic heterocycles. The molecule has 0 saturated carbocycles. The van der Waals surface area contributed by atoms with Crippen LogP contribution in [-0.2, 0) is 17.9 Å². The van der Waals surface area contributed by atoms with Gasteiger partial charge in [-0.05, 0) is 19.3 Å². The van der Waals surface area contributed by atoms with Gasteiger partial charge >= 0.3 is 5.69 Å². The second-order valence-corrected chi connectivity index (χ2v) is 4.49. The van der Waals surface area contributed by atoms with Gasteiger partial charge in [0, 0.05) is 32.0 Å². The van der Waals surface area contributed by atoms with Crippen LogP contribution in [0.15, 0.2) is 17.2 Å². The van der Waals surface area contributed by atoms with Crippen molar-refractivity contribution in [2.75, 3.05) is 13.1 Å². The van der Waals surface area contributed by atoms with Gasteiger partial charge in [0.2, 0.25) is 5.91 Å². The first-order valence-electron chi connectivity index (χ1n) is 6.25. The number of likely N-dealkylation sites (tertiary alicyclic amines) is 1. The van der Waals surface area contributed by atoms with E-state index in [2.05, 4.69) is 0 Å². The first-order chi connectivity index (χ1) is 8.22. The van der Waals surface area contributed by atoms with Crippen LogP contribution in [0.1, 0.15) is 26.2 Å². The number of hydrogen-bond acceptors (Lipinski definition) is 2. The van der Waals surface area contributed by atoms with Gasteiger partial charge in [-0.25, -0.2) is 4.79 Å². The van der Waals surface area contributed by atoms with Crippen molar-refractivity contribution in [2.45, 2.75) is 39.3 Å². The topological polar surface area (TPSA) is 47.2 Å². The molecule has 17 heavy (non-hydrogen) atoms. The van der Waals surface area contributed by atoms with E-state index in [4.69, 9.17) is 0 Å². The molecule has 1 fully saturated rings. The molecule has 94 valence electrons. The summed E-state index contributed by atoms with van der Waals surface area (Å²) >= 11 is 0. The minimum atomic E-state index is -0.0839. The number of carbonyl (C=O) groups excluding carboxylic acids is 1. The number of aryl methyl sites for hydroxylation is 1. The molecule has 5 nitrogen and oxygen atoms in total. The van der Waals surface area contributed by atoms with E-state index in [1.54, 1.807) is 17.0 Å². The van der Waals surface area contributed by atoms with Crippen molar-refractivity contribution in [1.82, 2.24) is 14.0 Å². The Balaban J connectivity index is 2.03. The van der Waals surface area contributed by atoms with Crippen LogP contribution in [0.2, 0.25) is 0 Å². The molecule has 0 bridgehead atoms. The zero-order chi connectivity index (χ0) is 12.3. The van der Waals surface area contributed by atoms with Crippen molar-refractivity contribution < 1.29 is 4.79 Å². The maximum absolute atomic E-state index is 11.9. The molecule has 2 rings (SSSR count). The van der Waals surface area contributed by atoms with Gasteiger partial charge < -0.3 is 4.90 Å². The van der Waals surface area contributed by atoms with E-state index in [-0.39, 0.29) is 18.1 Å². The van der Waals surface area contributed by atoms with Gasteiger partial charge in [-0.15, -0.1) is 0 Å². The van der Waals surface area contributed by atoms with Crippen LogP contribution in [0.5, 0.6) is 0 Å². The zero-order valence-electron chi connectivity index (χ0n) is 10.3. The fraction of sp³-hybridized carbons (Fsp3) is 0.667. The Kier molecular flexibility index (Phi) is 3.66. The van der Waals surface area contributed by atoms with Crippen molar-refractivity contribution in [1.29, 1.82) is 0 Å². The molecule has 1 aliphatic rings. The lowest BCUT2D eigenvalue weighted by atomic mass is 10.4. The van der Waals surface area contributed by atoms with Crippen molar-refractivity contribution >= 4 is 5.91 Å². The SMILES string of the molecule is CCCn1ccn(CC(=O)N2CCCC2)c1=O.